The average Bonchev–Trinajstić information content (AvgIpc) is 3.93. The molecule has 2 N–H and O–H groups in total. The Morgan fingerprint density at radius 1 is 1.00 bits per heavy atom. The number of nitrogens with one attached hydrogen (secondary N) is 1. The largest absolute Gasteiger partial charge is 0.494 e. The lowest BCUT2D eigenvalue weighted by atomic mass is 9.70. The number of benzene rings is 3. The maximum Gasteiger partial charge on any atom is 0.417 e. The molecule has 2 aliphatic rings. The summed E-state index contributed by atoms with van der Waals surface area (Å²) in [5.41, 5.74) is 1.59. The van der Waals surface area contributed by atoms with Crippen LogP contribution >= 0.6 is 23.6 Å². The summed E-state index contributed by atoms with van der Waals surface area (Å²) in [6.07, 6.45) is -4.67. The molecule has 1 aromatic heterocycles. The molecule has 2 heterocycles. The number of aliphatic hydroxyl groups excluding tert-OH is 1. The molecule has 3 aromatic carbocycles. The van der Waals surface area contributed by atoms with Crippen molar-refractivity contribution in [1.82, 2.24) is 10.3 Å². The van der Waals surface area contributed by atoms with Gasteiger partial charge in [-0.3, -0.25) is 24.1 Å². The highest BCUT2D eigenvalue weighted by atomic mass is 32.1. The molecule has 12 nitrogen and oxygen atoms in total. The molecule has 1 aliphatic heterocycles. The van der Waals surface area contributed by atoms with Gasteiger partial charge in [-0.2, -0.15) is 18.4 Å². The summed E-state index contributed by atoms with van der Waals surface area (Å²) in [6, 6.07) is 19.2. The number of amides is 2. The van der Waals surface area contributed by atoms with Crippen LogP contribution in [0.3, 0.4) is 0 Å². The highest BCUT2D eigenvalue weighted by molar-refractivity contribution is 7.81. The number of aliphatic hydroxyl groups is 1. The van der Waals surface area contributed by atoms with Gasteiger partial charge in [-0.1, -0.05) is 45.0 Å². The van der Waals surface area contributed by atoms with E-state index in [1.807, 2.05) is 52.0 Å². The molecule has 0 radical (unpaired) electrons. The monoisotopic (exact) mass is 945 g/mol. The Hall–Kier alpha value is -5.54. The highest BCUT2D eigenvalue weighted by Gasteiger charge is 2.51. The Labute approximate surface area is 392 Å². The van der Waals surface area contributed by atoms with Crippen molar-refractivity contribution in [1.29, 1.82) is 5.26 Å². The molecule has 1 saturated carbocycles. The number of rotatable bonds is 18. The molecule has 1 aliphatic carbocycles. The van der Waals surface area contributed by atoms with Gasteiger partial charge >= 0.3 is 6.18 Å². The minimum Gasteiger partial charge on any atom is -0.494 e. The Kier molecular flexibility index (Phi) is 15.5. The van der Waals surface area contributed by atoms with Crippen molar-refractivity contribution >= 4 is 63.4 Å². The van der Waals surface area contributed by atoms with E-state index in [9.17, 15) is 42.7 Å². The Balaban J connectivity index is 0.942. The summed E-state index contributed by atoms with van der Waals surface area (Å²) in [7, 11) is 0. The molecule has 0 bridgehead atoms. The molecule has 1 saturated heterocycles. The first-order chi connectivity index (χ1) is 31.1. The third-order valence-corrected chi connectivity index (χ3v) is 13.5. The number of alkyl halides is 3. The SMILES string of the molecule is Cc1ncsc1-c1ccc(CNC(=O)[C@@H]2C[C@@H](O)CC2C(=O)C(CC(=O)CCOCCCOc2ccc(N3C(=S)N(c4ccc(C#N)c(C(F)(F)F)c4)C(=O)C3(C)C)cc2)C(C)(C)C)cc1. The minimum absolute atomic E-state index is 0.00271. The maximum atomic E-state index is 14.1. The predicted molar refractivity (Wildman–Crippen MR) is 249 cm³/mol. The molecular weight excluding hydrogens is 892 g/mol. The quantitative estimate of drug-likeness (QED) is 0.0724. The number of aromatic nitrogens is 1. The van der Waals surface area contributed by atoms with Crippen LogP contribution in [0.2, 0.25) is 0 Å². The lowest BCUT2D eigenvalue weighted by Gasteiger charge is -2.32. The fourth-order valence-corrected chi connectivity index (χ4v) is 9.83. The summed E-state index contributed by atoms with van der Waals surface area (Å²) in [5.74, 6) is -2.70. The molecule has 2 amide bonds. The van der Waals surface area contributed by atoms with Gasteiger partial charge in [-0.25, -0.2) is 4.98 Å². The van der Waals surface area contributed by atoms with Crippen LogP contribution in [0.1, 0.15) is 89.1 Å². The number of hydrogen-bond donors (Lipinski definition) is 2. The van der Waals surface area contributed by atoms with Gasteiger partial charge in [0.2, 0.25) is 5.91 Å². The summed E-state index contributed by atoms with van der Waals surface area (Å²) >= 11 is 7.19. The van der Waals surface area contributed by atoms with Gasteiger partial charge in [-0.05, 0) is 105 Å². The van der Waals surface area contributed by atoms with Crippen LogP contribution in [-0.4, -0.2) is 70.0 Å². The van der Waals surface area contributed by atoms with E-state index >= 15 is 0 Å². The maximum absolute atomic E-state index is 14.1. The number of carbonyl (C=O) groups is 4. The van der Waals surface area contributed by atoms with E-state index in [1.165, 1.54) is 6.07 Å². The standard InChI is InChI=1S/C49H54F3N5O7S2/c1-29-43(66-28-55-29)31-10-8-30(9-11-31)27-54-44(61)39-24-36(59)23-38(39)42(60)41(47(2,3)4)25-35(58)18-21-63-19-7-20-64-37-16-14-33(15-17-37)57-46(65)56(45(62)48(57,5)6)34-13-12-32(26-53)40(22-34)49(50,51)52/h8-17,22,28,36,38-39,41,59H,7,18-21,23-25,27H2,1-6H3,(H,54,61)/t36-,38?,39+,41?/m0/s1. The van der Waals surface area contributed by atoms with Crippen molar-refractivity contribution in [2.75, 3.05) is 29.6 Å². The number of Topliss-reactive ketones (excluding diaryl/α,β-unsaturated/α-hetero) is 2. The second-order valence-corrected chi connectivity index (χ2v) is 19.5. The molecule has 0 spiro atoms. The van der Waals surface area contributed by atoms with Crippen molar-refractivity contribution in [3.8, 4) is 22.3 Å². The lowest BCUT2D eigenvalue weighted by molar-refractivity contribution is -0.139. The Morgan fingerprint density at radius 3 is 2.29 bits per heavy atom. The van der Waals surface area contributed by atoms with Gasteiger partial charge in [-0.15, -0.1) is 11.3 Å². The van der Waals surface area contributed by atoms with Crippen LogP contribution in [0.4, 0.5) is 24.5 Å². The van der Waals surface area contributed by atoms with Crippen LogP contribution < -0.4 is 19.9 Å². The molecule has 4 atom stereocenters. The van der Waals surface area contributed by atoms with E-state index in [2.05, 4.69) is 10.3 Å². The number of nitriles is 1. The fourth-order valence-electron chi connectivity index (χ4n) is 8.50. The Bertz CT molecular complexity index is 2480. The molecule has 4 aromatic rings. The molecule has 2 fully saturated rings. The van der Waals surface area contributed by atoms with Crippen molar-refractivity contribution < 1.29 is 46.9 Å². The second kappa shape index (κ2) is 20.5. The van der Waals surface area contributed by atoms with Crippen molar-refractivity contribution in [3.05, 3.63) is 94.6 Å². The van der Waals surface area contributed by atoms with E-state index in [-0.39, 0.29) is 73.7 Å². The van der Waals surface area contributed by atoms with E-state index in [0.29, 0.717) is 24.5 Å². The number of halogens is 3. The smallest absolute Gasteiger partial charge is 0.417 e. The molecule has 66 heavy (non-hydrogen) atoms. The zero-order chi connectivity index (χ0) is 48.1. The van der Waals surface area contributed by atoms with Crippen LogP contribution in [0.5, 0.6) is 5.75 Å². The molecule has 2 unspecified atom stereocenters. The van der Waals surface area contributed by atoms with E-state index in [1.54, 1.807) is 65.9 Å². The molecule has 350 valence electrons. The number of thiazole rings is 1. The highest BCUT2D eigenvalue weighted by Crippen LogP contribution is 2.42. The summed E-state index contributed by atoms with van der Waals surface area (Å²) in [6.45, 7) is 11.9. The zero-order valence-electron chi connectivity index (χ0n) is 37.7. The molecule has 17 heteroatoms. The third kappa shape index (κ3) is 11.3. The predicted octanol–water partition coefficient (Wildman–Crippen LogP) is 9.00. The fraction of sp³-hybridized carbons (Fsp3) is 0.449. The number of ether oxygens (including phenoxy) is 2. The normalized spacial score (nSPS) is 18.9. The van der Waals surface area contributed by atoms with Crippen LogP contribution in [0.15, 0.2) is 72.2 Å². The third-order valence-electron chi connectivity index (χ3n) is 12.2. The summed E-state index contributed by atoms with van der Waals surface area (Å²) in [4.78, 5) is 62.4. The number of hydrogen-bond acceptors (Lipinski definition) is 11. The zero-order valence-corrected chi connectivity index (χ0v) is 39.4. The minimum atomic E-state index is -4.81. The summed E-state index contributed by atoms with van der Waals surface area (Å²) < 4.78 is 52.8. The number of nitrogens with zero attached hydrogens (tertiary/aromatic N) is 4. The van der Waals surface area contributed by atoms with Crippen LogP contribution in [0, 0.1) is 41.4 Å². The first-order valence-electron chi connectivity index (χ1n) is 21.7. The number of carbonyl (C=O) groups excluding carboxylic acids is 4. The number of ketones is 2. The van der Waals surface area contributed by atoms with Gasteiger partial charge in [0.05, 0.1) is 64.2 Å². The average molecular weight is 946 g/mol. The summed E-state index contributed by atoms with van der Waals surface area (Å²) in [5, 5.41) is 22.8. The molecule has 6 rings (SSSR count). The van der Waals surface area contributed by atoms with Gasteiger partial charge < -0.3 is 24.8 Å². The van der Waals surface area contributed by atoms with Crippen molar-refractivity contribution in [3.63, 3.8) is 0 Å². The van der Waals surface area contributed by atoms with Gasteiger partial charge in [0.25, 0.3) is 5.91 Å². The topological polar surface area (TPSA) is 162 Å². The molecular formula is C49H54F3N5O7S2. The lowest BCUT2D eigenvalue weighted by Crippen LogP contribution is -2.44. The Morgan fingerprint density at radius 2 is 1.67 bits per heavy atom. The van der Waals surface area contributed by atoms with Gasteiger partial charge in [0.15, 0.2) is 5.11 Å². The number of aryl methyl sites for hydroxylation is 1. The number of thiocarbonyl (C=S) groups is 1. The number of anilines is 2. The second-order valence-electron chi connectivity index (χ2n) is 18.3. The first kappa shape index (κ1) is 49.9. The van der Waals surface area contributed by atoms with Crippen LogP contribution in [0.25, 0.3) is 10.4 Å². The van der Waals surface area contributed by atoms with Gasteiger partial charge in [0, 0.05) is 49.9 Å². The van der Waals surface area contributed by atoms with E-state index in [0.717, 1.165) is 38.7 Å². The van der Waals surface area contributed by atoms with Crippen LogP contribution in [-0.2, 0) is 36.6 Å². The first-order valence-corrected chi connectivity index (χ1v) is 23.0. The van der Waals surface area contributed by atoms with Crippen molar-refractivity contribution in [2.24, 2.45) is 23.2 Å². The van der Waals surface area contributed by atoms with Crippen molar-refractivity contribution in [2.45, 2.75) is 98.0 Å². The van der Waals surface area contributed by atoms with E-state index in [4.69, 9.17) is 21.7 Å². The van der Waals surface area contributed by atoms with E-state index < -0.39 is 58.0 Å². The van der Waals surface area contributed by atoms with Gasteiger partial charge in [0.1, 0.15) is 22.9 Å².